The van der Waals surface area contributed by atoms with Crippen LogP contribution >= 0.6 is 11.6 Å². The molecule has 0 saturated heterocycles. The van der Waals surface area contributed by atoms with Crippen LogP contribution in [0, 0.1) is 0 Å². The summed E-state index contributed by atoms with van der Waals surface area (Å²) in [5.41, 5.74) is -0.199. The van der Waals surface area contributed by atoms with E-state index in [1.165, 1.54) is 0 Å². The minimum atomic E-state index is -0.199. The largest absolute Gasteiger partial charge is 0.369 e. The number of nitrogens with one attached hydrogen (secondary N) is 2. The Hall–Kier alpha value is -1.36. The van der Waals surface area contributed by atoms with E-state index in [9.17, 15) is 4.79 Å². The Morgan fingerprint density at radius 3 is 2.76 bits per heavy atom. The van der Waals surface area contributed by atoms with Crippen molar-refractivity contribution < 1.29 is 4.79 Å². The summed E-state index contributed by atoms with van der Waals surface area (Å²) < 4.78 is 0. The van der Waals surface area contributed by atoms with Crippen molar-refractivity contribution in [2.45, 2.75) is 32.7 Å². The number of hydrogen-bond acceptors (Lipinski definition) is 4. The van der Waals surface area contributed by atoms with Gasteiger partial charge in [0.15, 0.2) is 0 Å². The molecule has 0 fully saturated rings. The number of aromatic nitrogens is 2. The number of amides is 1. The first-order valence-electron chi connectivity index (χ1n) is 5.40. The van der Waals surface area contributed by atoms with Crippen LogP contribution in [0.5, 0.6) is 0 Å². The highest BCUT2D eigenvalue weighted by atomic mass is 35.5. The molecule has 1 amide bonds. The monoisotopic (exact) mass is 256 g/mol. The molecule has 0 aromatic carbocycles. The highest BCUT2D eigenvalue weighted by Gasteiger charge is 2.12. The average Bonchev–Trinajstić information content (AvgIpc) is 2.14. The van der Waals surface area contributed by atoms with Crippen LogP contribution in [0.15, 0.2) is 12.3 Å². The molecular formula is C11H17ClN4O. The molecular weight excluding hydrogens is 240 g/mol. The third kappa shape index (κ3) is 6.06. The summed E-state index contributed by atoms with van der Waals surface area (Å²) in [4.78, 5) is 19.2. The van der Waals surface area contributed by atoms with Crippen molar-refractivity contribution in [2.75, 3.05) is 11.9 Å². The van der Waals surface area contributed by atoms with Gasteiger partial charge in [-0.2, -0.15) is 0 Å². The maximum Gasteiger partial charge on any atom is 0.224 e. The Morgan fingerprint density at radius 1 is 1.47 bits per heavy atom. The Labute approximate surface area is 106 Å². The molecule has 1 heterocycles. The number of carbonyl (C=O) groups excluding carboxylic acids is 1. The van der Waals surface area contributed by atoms with Crippen LogP contribution in [-0.2, 0) is 4.79 Å². The van der Waals surface area contributed by atoms with Gasteiger partial charge in [0, 0.05) is 24.7 Å². The number of carbonyl (C=O) groups is 1. The summed E-state index contributed by atoms with van der Waals surface area (Å²) >= 11 is 5.63. The second kappa shape index (κ2) is 5.82. The smallest absolute Gasteiger partial charge is 0.224 e. The van der Waals surface area contributed by atoms with Gasteiger partial charge in [-0.1, -0.05) is 0 Å². The molecule has 5 nitrogen and oxygen atoms in total. The van der Waals surface area contributed by atoms with Crippen LogP contribution in [0.1, 0.15) is 27.2 Å². The van der Waals surface area contributed by atoms with Gasteiger partial charge >= 0.3 is 0 Å². The van der Waals surface area contributed by atoms with Crippen molar-refractivity contribution in [3.05, 3.63) is 17.5 Å². The lowest BCUT2D eigenvalue weighted by molar-refractivity contribution is -0.122. The van der Waals surface area contributed by atoms with Gasteiger partial charge in [-0.25, -0.2) is 9.97 Å². The Bertz CT molecular complexity index is 389. The van der Waals surface area contributed by atoms with E-state index in [0.717, 1.165) is 0 Å². The molecule has 94 valence electrons. The van der Waals surface area contributed by atoms with Crippen LogP contribution in [-0.4, -0.2) is 28.0 Å². The fourth-order valence-electron chi connectivity index (χ4n) is 1.22. The SMILES string of the molecule is CC(C)(C)NC(=O)CCNc1ccnc(Cl)n1. The van der Waals surface area contributed by atoms with Crippen LogP contribution in [0.25, 0.3) is 0 Å². The third-order valence-corrected chi connectivity index (χ3v) is 1.98. The molecule has 0 unspecified atom stereocenters. The van der Waals surface area contributed by atoms with E-state index in [0.29, 0.717) is 18.8 Å². The molecule has 1 aromatic heterocycles. The molecule has 17 heavy (non-hydrogen) atoms. The molecule has 0 saturated carbocycles. The van der Waals surface area contributed by atoms with Gasteiger partial charge in [-0.3, -0.25) is 4.79 Å². The predicted octanol–water partition coefficient (Wildman–Crippen LogP) is 1.85. The number of hydrogen-bond donors (Lipinski definition) is 2. The number of anilines is 1. The Balaban J connectivity index is 2.31. The summed E-state index contributed by atoms with van der Waals surface area (Å²) in [6.45, 7) is 6.35. The lowest BCUT2D eigenvalue weighted by Gasteiger charge is -2.20. The van der Waals surface area contributed by atoms with Crippen molar-refractivity contribution in [3.63, 3.8) is 0 Å². The molecule has 0 radical (unpaired) electrons. The summed E-state index contributed by atoms with van der Waals surface area (Å²) in [6.07, 6.45) is 1.95. The fourth-order valence-corrected chi connectivity index (χ4v) is 1.37. The van der Waals surface area contributed by atoms with E-state index in [4.69, 9.17) is 11.6 Å². The van der Waals surface area contributed by atoms with Gasteiger partial charge in [0.25, 0.3) is 0 Å². The summed E-state index contributed by atoms with van der Waals surface area (Å²) in [5, 5.41) is 6.07. The summed E-state index contributed by atoms with van der Waals surface area (Å²) in [5.74, 6) is 0.624. The van der Waals surface area contributed by atoms with E-state index in [-0.39, 0.29) is 16.7 Å². The van der Waals surface area contributed by atoms with E-state index in [2.05, 4.69) is 20.6 Å². The van der Waals surface area contributed by atoms with E-state index in [1.807, 2.05) is 20.8 Å². The normalized spacial score (nSPS) is 11.1. The van der Waals surface area contributed by atoms with E-state index >= 15 is 0 Å². The van der Waals surface area contributed by atoms with Crippen LogP contribution < -0.4 is 10.6 Å². The highest BCUT2D eigenvalue weighted by molar-refractivity contribution is 6.28. The maximum absolute atomic E-state index is 11.5. The summed E-state index contributed by atoms with van der Waals surface area (Å²) in [7, 11) is 0. The molecule has 1 rings (SSSR count). The van der Waals surface area contributed by atoms with E-state index < -0.39 is 0 Å². The van der Waals surface area contributed by atoms with E-state index in [1.54, 1.807) is 12.3 Å². The molecule has 0 spiro atoms. The molecule has 1 aromatic rings. The topological polar surface area (TPSA) is 66.9 Å². The Kier molecular flexibility index (Phi) is 4.69. The van der Waals surface area contributed by atoms with Crippen molar-refractivity contribution in [1.29, 1.82) is 0 Å². The molecule has 0 aliphatic rings. The zero-order valence-electron chi connectivity index (χ0n) is 10.2. The standard InChI is InChI=1S/C11H17ClN4O/c1-11(2,3)16-9(17)5-7-13-8-4-6-14-10(12)15-8/h4,6H,5,7H2,1-3H3,(H,16,17)(H,13,14,15). The van der Waals surface area contributed by atoms with Gasteiger partial charge < -0.3 is 10.6 Å². The quantitative estimate of drug-likeness (QED) is 0.807. The first-order valence-corrected chi connectivity index (χ1v) is 5.78. The second-order valence-corrected chi connectivity index (χ2v) is 5.02. The zero-order chi connectivity index (χ0) is 12.9. The minimum Gasteiger partial charge on any atom is -0.369 e. The fraction of sp³-hybridized carbons (Fsp3) is 0.545. The highest BCUT2D eigenvalue weighted by Crippen LogP contribution is 2.05. The lowest BCUT2D eigenvalue weighted by atomic mass is 10.1. The predicted molar refractivity (Wildman–Crippen MR) is 68.0 cm³/mol. The molecule has 2 N–H and O–H groups in total. The van der Waals surface area contributed by atoms with Crippen molar-refractivity contribution in [1.82, 2.24) is 15.3 Å². The second-order valence-electron chi connectivity index (χ2n) is 4.69. The van der Waals surface area contributed by atoms with Gasteiger partial charge in [0.2, 0.25) is 11.2 Å². The van der Waals surface area contributed by atoms with Crippen LogP contribution in [0.4, 0.5) is 5.82 Å². The third-order valence-electron chi connectivity index (χ3n) is 1.80. The van der Waals surface area contributed by atoms with Crippen LogP contribution in [0.3, 0.4) is 0 Å². The first-order chi connectivity index (χ1) is 7.87. The van der Waals surface area contributed by atoms with Crippen molar-refractivity contribution in [2.24, 2.45) is 0 Å². The first kappa shape index (κ1) is 13.7. The maximum atomic E-state index is 11.5. The molecule has 0 atom stereocenters. The van der Waals surface area contributed by atoms with Gasteiger partial charge in [0.05, 0.1) is 0 Å². The summed E-state index contributed by atoms with van der Waals surface area (Å²) in [6, 6.07) is 1.70. The lowest BCUT2D eigenvalue weighted by Crippen LogP contribution is -2.41. The Morgan fingerprint density at radius 2 is 2.18 bits per heavy atom. The van der Waals surface area contributed by atoms with Crippen molar-refractivity contribution >= 4 is 23.3 Å². The number of rotatable bonds is 4. The molecule has 6 heteroatoms. The number of halogens is 1. The minimum absolute atomic E-state index is 0.00477. The van der Waals surface area contributed by atoms with Gasteiger partial charge in [-0.15, -0.1) is 0 Å². The molecule has 0 bridgehead atoms. The van der Waals surface area contributed by atoms with Gasteiger partial charge in [-0.05, 0) is 38.4 Å². The zero-order valence-corrected chi connectivity index (χ0v) is 11.0. The van der Waals surface area contributed by atoms with Crippen molar-refractivity contribution in [3.8, 4) is 0 Å². The molecule has 0 aliphatic heterocycles. The molecule has 0 aliphatic carbocycles. The average molecular weight is 257 g/mol. The van der Waals surface area contributed by atoms with Crippen LogP contribution in [0.2, 0.25) is 5.28 Å². The van der Waals surface area contributed by atoms with Gasteiger partial charge in [0.1, 0.15) is 5.82 Å². The number of nitrogens with zero attached hydrogens (tertiary/aromatic N) is 2.